The topological polar surface area (TPSA) is 86.6 Å². The summed E-state index contributed by atoms with van der Waals surface area (Å²) in [5.74, 6) is 0.829. The van der Waals surface area contributed by atoms with Crippen LogP contribution in [0.4, 0.5) is 0 Å². The Morgan fingerprint density at radius 1 is 1.38 bits per heavy atom. The Morgan fingerprint density at radius 2 is 2.10 bits per heavy atom. The van der Waals surface area contributed by atoms with Crippen molar-refractivity contribution in [3.8, 4) is 5.75 Å². The molecule has 1 aliphatic rings. The summed E-state index contributed by atoms with van der Waals surface area (Å²) < 4.78 is 10.5. The number of benzene rings is 1. The minimum Gasteiger partial charge on any atom is -0.512 e. The molecule has 0 fully saturated rings. The van der Waals surface area contributed by atoms with Crippen LogP contribution in [0.15, 0.2) is 41.2 Å². The van der Waals surface area contributed by atoms with Crippen LogP contribution in [-0.4, -0.2) is 30.2 Å². The number of ether oxygens (including phenoxy) is 2. The smallest absolute Gasteiger partial charge is 0.230 e. The van der Waals surface area contributed by atoms with Crippen molar-refractivity contribution >= 4 is 5.70 Å². The summed E-state index contributed by atoms with van der Waals surface area (Å²) in [6.07, 6.45) is 0.0922. The molecule has 2 rings (SSSR count). The van der Waals surface area contributed by atoms with Crippen molar-refractivity contribution in [1.29, 1.82) is 0 Å². The molecule has 1 aromatic carbocycles. The summed E-state index contributed by atoms with van der Waals surface area (Å²) >= 11 is 0. The van der Waals surface area contributed by atoms with E-state index >= 15 is 0 Å². The highest BCUT2D eigenvalue weighted by atomic mass is 16.6. The number of rotatable bonds is 5. The number of methoxy groups -OCH3 is 1. The second-order valence-electron chi connectivity index (χ2n) is 5.03. The predicted molar refractivity (Wildman–Crippen MR) is 79.3 cm³/mol. The van der Waals surface area contributed by atoms with Gasteiger partial charge in [-0.2, -0.15) is 0 Å². The standard InChI is InChI=1S/C16H21NO4/c1-10(12(18)7-5-9-20-2)14-15(17)11-6-3-4-8-13(11)21-16(14)19/h3-4,6,8,16,18-19H,5,7,9,17H2,1-2H3/p+1/b12-10-. The Kier molecular flexibility index (Phi) is 5.01. The van der Waals surface area contributed by atoms with E-state index in [1.54, 1.807) is 20.1 Å². The van der Waals surface area contributed by atoms with Gasteiger partial charge in [0, 0.05) is 25.7 Å². The van der Waals surface area contributed by atoms with Crippen LogP contribution >= 0.6 is 0 Å². The highest BCUT2D eigenvalue weighted by Crippen LogP contribution is 2.35. The van der Waals surface area contributed by atoms with E-state index < -0.39 is 6.29 Å². The first-order chi connectivity index (χ1) is 10.1. The van der Waals surface area contributed by atoms with E-state index in [-0.39, 0.29) is 5.76 Å². The van der Waals surface area contributed by atoms with Gasteiger partial charge in [0.1, 0.15) is 11.4 Å². The molecule has 21 heavy (non-hydrogen) atoms. The Bertz CT molecular complexity index is 577. The van der Waals surface area contributed by atoms with Crippen LogP contribution in [0.5, 0.6) is 5.75 Å². The largest absolute Gasteiger partial charge is 0.512 e. The van der Waals surface area contributed by atoms with Crippen molar-refractivity contribution in [3.05, 3.63) is 46.7 Å². The van der Waals surface area contributed by atoms with E-state index in [9.17, 15) is 10.2 Å². The summed E-state index contributed by atoms with van der Waals surface area (Å²) in [5, 5.41) is 20.4. The van der Waals surface area contributed by atoms with Crippen LogP contribution in [0.25, 0.3) is 5.70 Å². The van der Waals surface area contributed by atoms with Crippen molar-refractivity contribution in [3.63, 3.8) is 0 Å². The number of aliphatic hydroxyl groups is 2. The first-order valence-electron chi connectivity index (χ1n) is 6.94. The highest BCUT2D eigenvalue weighted by Gasteiger charge is 2.30. The van der Waals surface area contributed by atoms with Crippen molar-refractivity contribution in [1.82, 2.24) is 0 Å². The third-order valence-corrected chi connectivity index (χ3v) is 3.62. The molecule has 5 N–H and O–H groups in total. The molecule has 0 amide bonds. The fraction of sp³-hybridized carbons (Fsp3) is 0.375. The lowest BCUT2D eigenvalue weighted by Gasteiger charge is -2.25. The van der Waals surface area contributed by atoms with E-state index in [4.69, 9.17) is 9.47 Å². The van der Waals surface area contributed by atoms with Crippen LogP contribution in [0.3, 0.4) is 0 Å². The maximum atomic E-state index is 10.2. The van der Waals surface area contributed by atoms with Gasteiger partial charge in [-0.05, 0) is 25.5 Å². The van der Waals surface area contributed by atoms with Crippen LogP contribution in [0.1, 0.15) is 25.3 Å². The normalized spacial score (nSPS) is 19.0. The molecule has 0 aliphatic carbocycles. The monoisotopic (exact) mass is 292 g/mol. The SMILES string of the molecule is COCCC/C(O)=C(\C)C1=C([NH3+])c2ccccc2OC1O. The molecular weight excluding hydrogens is 270 g/mol. The van der Waals surface area contributed by atoms with Crippen molar-refractivity contribution < 1.29 is 25.4 Å². The predicted octanol–water partition coefficient (Wildman–Crippen LogP) is 1.61. The van der Waals surface area contributed by atoms with E-state index in [1.165, 1.54) is 0 Å². The molecule has 0 radical (unpaired) electrons. The molecule has 1 aliphatic heterocycles. The molecule has 1 aromatic rings. The summed E-state index contributed by atoms with van der Waals surface area (Å²) in [4.78, 5) is 0. The number of para-hydroxylation sites is 1. The number of aliphatic hydroxyl groups excluding tert-OH is 2. The maximum Gasteiger partial charge on any atom is 0.230 e. The van der Waals surface area contributed by atoms with Gasteiger partial charge in [0.25, 0.3) is 0 Å². The van der Waals surface area contributed by atoms with Gasteiger partial charge in [-0.25, -0.2) is 0 Å². The lowest BCUT2D eigenvalue weighted by atomic mass is 9.95. The van der Waals surface area contributed by atoms with Crippen molar-refractivity contribution in [2.24, 2.45) is 0 Å². The summed E-state index contributed by atoms with van der Waals surface area (Å²) in [6.45, 7) is 2.35. The fourth-order valence-corrected chi connectivity index (χ4v) is 2.43. The average Bonchev–Trinajstić information content (AvgIpc) is 2.47. The third kappa shape index (κ3) is 3.26. The zero-order valence-electron chi connectivity index (χ0n) is 12.4. The molecule has 5 heteroatoms. The first-order valence-corrected chi connectivity index (χ1v) is 6.94. The van der Waals surface area contributed by atoms with Crippen molar-refractivity contribution in [2.75, 3.05) is 13.7 Å². The van der Waals surface area contributed by atoms with Crippen LogP contribution in [0, 0.1) is 0 Å². The molecule has 0 spiro atoms. The van der Waals surface area contributed by atoms with Gasteiger partial charge in [0.2, 0.25) is 6.29 Å². The Hall–Kier alpha value is -1.82. The minimum atomic E-state index is -1.11. The van der Waals surface area contributed by atoms with E-state index in [2.05, 4.69) is 5.73 Å². The molecule has 0 saturated heterocycles. The molecule has 0 aromatic heterocycles. The molecule has 1 heterocycles. The quantitative estimate of drug-likeness (QED) is 0.568. The lowest BCUT2D eigenvalue weighted by molar-refractivity contribution is -0.248. The van der Waals surface area contributed by atoms with E-state index in [0.717, 1.165) is 5.56 Å². The molecule has 5 nitrogen and oxygen atoms in total. The van der Waals surface area contributed by atoms with Gasteiger partial charge >= 0.3 is 0 Å². The summed E-state index contributed by atoms with van der Waals surface area (Å²) in [7, 11) is 1.62. The molecule has 0 bridgehead atoms. The Balaban J connectivity index is 2.35. The zero-order valence-corrected chi connectivity index (χ0v) is 12.4. The second-order valence-corrected chi connectivity index (χ2v) is 5.03. The lowest BCUT2D eigenvalue weighted by Crippen LogP contribution is -2.50. The minimum absolute atomic E-state index is 0.227. The zero-order chi connectivity index (χ0) is 15.4. The molecule has 1 unspecified atom stereocenters. The van der Waals surface area contributed by atoms with Gasteiger partial charge in [-0.3, -0.25) is 0 Å². The Morgan fingerprint density at radius 3 is 2.81 bits per heavy atom. The number of fused-ring (bicyclic) bond motifs is 1. The van der Waals surface area contributed by atoms with Gasteiger partial charge in [-0.1, -0.05) is 12.1 Å². The summed E-state index contributed by atoms with van der Waals surface area (Å²) in [6, 6.07) is 7.41. The van der Waals surface area contributed by atoms with Crippen molar-refractivity contribution in [2.45, 2.75) is 26.1 Å². The van der Waals surface area contributed by atoms with E-state index in [0.29, 0.717) is 42.0 Å². The van der Waals surface area contributed by atoms with E-state index in [1.807, 2.05) is 18.2 Å². The molecule has 0 saturated carbocycles. The number of hydrogen-bond acceptors (Lipinski definition) is 4. The Labute approximate surface area is 124 Å². The van der Waals surface area contributed by atoms with Gasteiger partial charge in [0.15, 0.2) is 0 Å². The molecular formula is C16H22NO4+. The fourth-order valence-electron chi connectivity index (χ4n) is 2.43. The highest BCUT2D eigenvalue weighted by molar-refractivity contribution is 5.72. The van der Waals surface area contributed by atoms with Crippen LogP contribution in [-0.2, 0) is 4.74 Å². The first kappa shape index (κ1) is 15.6. The molecule has 1 atom stereocenters. The third-order valence-electron chi connectivity index (χ3n) is 3.62. The van der Waals surface area contributed by atoms with Gasteiger partial charge in [0.05, 0.1) is 16.9 Å². The molecule has 114 valence electrons. The van der Waals surface area contributed by atoms with Crippen LogP contribution in [0.2, 0.25) is 0 Å². The maximum absolute atomic E-state index is 10.2. The number of quaternary nitrogens is 1. The van der Waals surface area contributed by atoms with Crippen LogP contribution < -0.4 is 10.5 Å². The van der Waals surface area contributed by atoms with Gasteiger partial charge < -0.3 is 25.4 Å². The van der Waals surface area contributed by atoms with Gasteiger partial charge in [-0.15, -0.1) is 0 Å². The number of allylic oxidation sites excluding steroid dienone is 1. The average molecular weight is 292 g/mol. The number of hydrogen-bond donors (Lipinski definition) is 3. The summed E-state index contributed by atoms with van der Waals surface area (Å²) in [5.41, 5.74) is 6.70. The second kappa shape index (κ2) is 6.76.